The van der Waals surface area contributed by atoms with E-state index in [0.29, 0.717) is 33.1 Å². The topological polar surface area (TPSA) is 73.3 Å². The van der Waals surface area contributed by atoms with Crippen molar-refractivity contribution in [2.75, 3.05) is 33.8 Å². The van der Waals surface area contributed by atoms with Gasteiger partial charge in [0.15, 0.2) is 28.1 Å². The Morgan fingerprint density at radius 1 is 0.963 bits per heavy atom. The van der Waals surface area contributed by atoms with Gasteiger partial charge in [0.1, 0.15) is 0 Å². The molecule has 0 radical (unpaired) electrons. The summed E-state index contributed by atoms with van der Waals surface area (Å²) in [5.41, 5.74) is 4.19. The summed E-state index contributed by atoms with van der Waals surface area (Å²) in [5.74, 6) is 2.20. The maximum atomic E-state index is 6.17. The zero-order valence-corrected chi connectivity index (χ0v) is 16.9. The summed E-state index contributed by atoms with van der Waals surface area (Å²) in [6.45, 7) is 0. The number of halogens is 1. The van der Waals surface area contributed by atoms with Crippen LogP contribution < -0.4 is 29.7 Å². The van der Waals surface area contributed by atoms with Crippen LogP contribution in [0.4, 0.5) is 5.69 Å². The lowest BCUT2D eigenvalue weighted by Crippen LogP contribution is -2.23. The SMILES string of the molecule is COc1ccc(NC(=S)N/N=C\c2cc(Cl)c(OC)c(OC)c2)cc1OC. The molecular weight excluding hydrogens is 390 g/mol. The lowest BCUT2D eigenvalue weighted by molar-refractivity contribution is 0.355. The molecule has 0 aliphatic carbocycles. The van der Waals surface area contributed by atoms with Gasteiger partial charge >= 0.3 is 0 Å². The van der Waals surface area contributed by atoms with Gasteiger partial charge < -0.3 is 24.3 Å². The predicted molar refractivity (Wildman–Crippen MR) is 111 cm³/mol. The highest BCUT2D eigenvalue weighted by Gasteiger charge is 2.10. The number of nitrogens with zero attached hydrogens (tertiary/aromatic N) is 1. The van der Waals surface area contributed by atoms with Gasteiger partial charge in [-0.25, -0.2) is 0 Å². The number of rotatable bonds is 7. The Bertz CT molecular complexity index is 846. The van der Waals surface area contributed by atoms with E-state index in [1.54, 1.807) is 44.7 Å². The quantitative estimate of drug-likeness (QED) is 0.410. The van der Waals surface area contributed by atoms with Crippen LogP contribution in [0.1, 0.15) is 5.56 Å². The van der Waals surface area contributed by atoms with Crippen LogP contribution in [-0.2, 0) is 0 Å². The third kappa shape index (κ3) is 5.38. The molecule has 0 saturated heterocycles. The van der Waals surface area contributed by atoms with E-state index in [1.807, 2.05) is 6.07 Å². The minimum absolute atomic E-state index is 0.310. The Labute approximate surface area is 168 Å². The predicted octanol–water partition coefficient (Wildman–Crippen LogP) is 3.69. The lowest BCUT2D eigenvalue weighted by Gasteiger charge is -2.11. The minimum atomic E-state index is 0.310. The zero-order chi connectivity index (χ0) is 19.8. The van der Waals surface area contributed by atoms with E-state index in [9.17, 15) is 0 Å². The Balaban J connectivity index is 2.02. The van der Waals surface area contributed by atoms with E-state index < -0.39 is 0 Å². The molecule has 0 fully saturated rings. The number of hydrazone groups is 1. The summed E-state index contributed by atoms with van der Waals surface area (Å²) < 4.78 is 20.9. The minimum Gasteiger partial charge on any atom is -0.493 e. The molecule has 2 N–H and O–H groups in total. The molecule has 0 amide bonds. The first-order valence-electron chi connectivity index (χ1n) is 7.76. The smallest absolute Gasteiger partial charge is 0.191 e. The first-order valence-corrected chi connectivity index (χ1v) is 8.54. The van der Waals surface area contributed by atoms with E-state index in [4.69, 9.17) is 42.8 Å². The molecule has 2 rings (SSSR count). The molecule has 0 unspecified atom stereocenters. The summed E-state index contributed by atoms with van der Waals surface area (Å²) in [6, 6.07) is 8.82. The molecule has 0 saturated carbocycles. The molecule has 2 aromatic rings. The highest BCUT2D eigenvalue weighted by molar-refractivity contribution is 7.80. The molecule has 0 aliphatic heterocycles. The maximum Gasteiger partial charge on any atom is 0.191 e. The van der Waals surface area contributed by atoms with Crippen LogP contribution in [-0.4, -0.2) is 39.8 Å². The van der Waals surface area contributed by atoms with E-state index in [1.165, 1.54) is 14.2 Å². The second-order valence-corrected chi connectivity index (χ2v) is 5.95. The highest BCUT2D eigenvalue weighted by atomic mass is 35.5. The maximum absolute atomic E-state index is 6.17. The zero-order valence-electron chi connectivity index (χ0n) is 15.3. The number of ether oxygens (including phenoxy) is 4. The fraction of sp³-hybridized carbons (Fsp3) is 0.222. The molecule has 0 aromatic heterocycles. The fourth-order valence-electron chi connectivity index (χ4n) is 2.25. The number of hydrogen-bond acceptors (Lipinski definition) is 6. The normalized spacial score (nSPS) is 10.4. The third-order valence-corrected chi connectivity index (χ3v) is 3.95. The van der Waals surface area contributed by atoms with E-state index in [2.05, 4.69) is 15.8 Å². The van der Waals surface area contributed by atoms with Crippen LogP contribution in [0.15, 0.2) is 35.4 Å². The molecule has 0 heterocycles. The van der Waals surface area contributed by atoms with Gasteiger partial charge in [-0.05, 0) is 42.0 Å². The Kier molecular flexibility index (Phi) is 7.51. The van der Waals surface area contributed by atoms with Gasteiger partial charge in [-0.1, -0.05) is 11.6 Å². The van der Waals surface area contributed by atoms with Crippen molar-refractivity contribution in [3.05, 3.63) is 40.9 Å². The molecule has 0 atom stereocenters. The van der Waals surface area contributed by atoms with Crippen molar-refractivity contribution in [1.82, 2.24) is 5.43 Å². The van der Waals surface area contributed by atoms with Gasteiger partial charge in [-0.2, -0.15) is 5.10 Å². The second kappa shape index (κ2) is 9.84. The Hall–Kier alpha value is -2.71. The van der Waals surface area contributed by atoms with Gasteiger partial charge in [-0.15, -0.1) is 0 Å². The second-order valence-electron chi connectivity index (χ2n) is 5.13. The number of nitrogens with one attached hydrogen (secondary N) is 2. The van der Waals surface area contributed by atoms with Crippen molar-refractivity contribution in [1.29, 1.82) is 0 Å². The number of hydrogen-bond donors (Lipinski definition) is 2. The van der Waals surface area contributed by atoms with E-state index >= 15 is 0 Å². The largest absolute Gasteiger partial charge is 0.493 e. The summed E-state index contributed by atoms with van der Waals surface area (Å²) >= 11 is 11.4. The number of methoxy groups -OCH3 is 4. The monoisotopic (exact) mass is 409 g/mol. The van der Waals surface area contributed by atoms with Crippen molar-refractivity contribution in [2.45, 2.75) is 0 Å². The van der Waals surface area contributed by atoms with E-state index in [-0.39, 0.29) is 0 Å². The van der Waals surface area contributed by atoms with Gasteiger partial charge in [0.25, 0.3) is 0 Å². The molecule has 9 heteroatoms. The van der Waals surface area contributed by atoms with Crippen LogP contribution in [0.2, 0.25) is 5.02 Å². The molecular formula is C18H20ClN3O4S. The number of anilines is 1. The summed E-state index contributed by atoms with van der Waals surface area (Å²) in [5, 5.41) is 7.83. The Morgan fingerprint density at radius 3 is 2.30 bits per heavy atom. The van der Waals surface area contributed by atoms with Gasteiger partial charge in [0, 0.05) is 11.8 Å². The molecule has 0 spiro atoms. The van der Waals surface area contributed by atoms with Crippen molar-refractivity contribution in [3.8, 4) is 23.0 Å². The summed E-state index contributed by atoms with van der Waals surface area (Å²) in [6.07, 6.45) is 1.57. The van der Waals surface area contributed by atoms with E-state index in [0.717, 1.165) is 11.3 Å². The summed E-state index contributed by atoms with van der Waals surface area (Å²) in [4.78, 5) is 0. The van der Waals surface area contributed by atoms with Crippen LogP contribution >= 0.6 is 23.8 Å². The fourth-order valence-corrected chi connectivity index (χ4v) is 2.72. The average molecular weight is 410 g/mol. The Morgan fingerprint density at radius 2 is 1.67 bits per heavy atom. The first-order chi connectivity index (χ1) is 13.0. The summed E-state index contributed by atoms with van der Waals surface area (Å²) in [7, 11) is 6.20. The highest BCUT2D eigenvalue weighted by Crippen LogP contribution is 2.35. The van der Waals surface area contributed by atoms with Gasteiger partial charge in [-0.3, -0.25) is 5.43 Å². The standard InChI is InChI=1S/C18H20ClN3O4S/c1-23-14-6-5-12(9-15(14)24-2)21-18(27)22-20-10-11-7-13(19)17(26-4)16(8-11)25-3/h5-10H,1-4H3,(H2,21,22,27)/b20-10-. The molecule has 27 heavy (non-hydrogen) atoms. The molecule has 0 bridgehead atoms. The number of thiocarbonyl (C=S) groups is 1. The van der Waals surface area contributed by atoms with Gasteiger partial charge in [0.2, 0.25) is 0 Å². The first kappa shape index (κ1) is 20.6. The number of benzene rings is 2. The van der Waals surface area contributed by atoms with Crippen molar-refractivity contribution >= 4 is 40.8 Å². The molecule has 2 aromatic carbocycles. The van der Waals surface area contributed by atoms with Crippen molar-refractivity contribution < 1.29 is 18.9 Å². The van der Waals surface area contributed by atoms with Crippen LogP contribution in [0.25, 0.3) is 0 Å². The molecule has 0 aliphatic rings. The lowest BCUT2D eigenvalue weighted by atomic mass is 10.2. The van der Waals surface area contributed by atoms with Crippen LogP contribution in [0.3, 0.4) is 0 Å². The molecule has 7 nitrogen and oxygen atoms in total. The van der Waals surface area contributed by atoms with Crippen LogP contribution in [0.5, 0.6) is 23.0 Å². The van der Waals surface area contributed by atoms with Crippen LogP contribution in [0, 0.1) is 0 Å². The van der Waals surface area contributed by atoms with Crippen molar-refractivity contribution in [3.63, 3.8) is 0 Å². The third-order valence-electron chi connectivity index (χ3n) is 3.48. The average Bonchev–Trinajstić information content (AvgIpc) is 2.67. The van der Waals surface area contributed by atoms with Gasteiger partial charge in [0.05, 0.1) is 39.7 Å². The van der Waals surface area contributed by atoms with Crippen molar-refractivity contribution in [2.24, 2.45) is 5.10 Å². The molecule has 144 valence electrons.